The number of nitrogens with zero attached hydrogens (tertiary/aromatic N) is 1. The summed E-state index contributed by atoms with van der Waals surface area (Å²) in [4.78, 5) is 2.25. The lowest BCUT2D eigenvalue weighted by Gasteiger charge is -2.32. The van der Waals surface area contributed by atoms with Crippen LogP contribution >= 0.6 is 12.4 Å². The Bertz CT molecular complexity index is 399. The Balaban J connectivity index is 0.00000180. The minimum Gasteiger partial charge on any atom is -0.319 e. The van der Waals surface area contributed by atoms with Crippen LogP contribution < -0.4 is 5.32 Å². The van der Waals surface area contributed by atoms with Gasteiger partial charge in [0.25, 0.3) is 0 Å². The molecule has 1 aliphatic rings. The predicted octanol–water partition coefficient (Wildman–Crippen LogP) is 2.82. The number of nitrogens with one attached hydrogen (secondary N) is 1. The SMILES string of the molecule is CNCC1CCCN(Cc2ccc(F)cc2F)C1.Cl. The van der Waals surface area contributed by atoms with Gasteiger partial charge in [0, 0.05) is 24.7 Å². The molecule has 1 atom stereocenters. The summed E-state index contributed by atoms with van der Waals surface area (Å²) < 4.78 is 26.4. The standard InChI is InChI=1S/C14H20F2N2.ClH/c1-17-8-11-3-2-6-18(9-11)10-12-4-5-13(15)7-14(12)16;/h4-5,7,11,17H,2-3,6,8-10H2,1H3;1H. The van der Waals surface area contributed by atoms with Crippen molar-refractivity contribution >= 4 is 12.4 Å². The summed E-state index contributed by atoms with van der Waals surface area (Å²) in [6.45, 7) is 3.56. The minimum atomic E-state index is -0.511. The molecule has 0 spiro atoms. The van der Waals surface area contributed by atoms with Crippen molar-refractivity contribution < 1.29 is 8.78 Å². The minimum absolute atomic E-state index is 0. The average Bonchev–Trinajstić information content (AvgIpc) is 2.34. The second-order valence-electron chi connectivity index (χ2n) is 5.04. The van der Waals surface area contributed by atoms with Crippen molar-refractivity contribution in [2.75, 3.05) is 26.7 Å². The van der Waals surface area contributed by atoms with Gasteiger partial charge in [0.1, 0.15) is 11.6 Å². The maximum Gasteiger partial charge on any atom is 0.130 e. The second kappa shape index (κ2) is 7.78. The van der Waals surface area contributed by atoms with E-state index in [2.05, 4.69) is 10.2 Å². The molecule has 2 nitrogen and oxygen atoms in total. The monoisotopic (exact) mass is 290 g/mol. The molecule has 1 aromatic rings. The zero-order chi connectivity index (χ0) is 13.0. The third-order valence-corrected chi connectivity index (χ3v) is 3.50. The third kappa shape index (κ3) is 4.71. The zero-order valence-electron chi connectivity index (χ0n) is 11.2. The van der Waals surface area contributed by atoms with Crippen molar-refractivity contribution in [3.05, 3.63) is 35.4 Å². The lowest BCUT2D eigenvalue weighted by Crippen LogP contribution is -2.38. The van der Waals surface area contributed by atoms with Crippen molar-refractivity contribution in [3.8, 4) is 0 Å². The van der Waals surface area contributed by atoms with Crippen molar-refractivity contribution in [2.45, 2.75) is 19.4 Å². The molecule has 1 heterocycles. The molecule has 108 valence electrons. The van der Waals surface area contributed by atoms with E-state index in [1.165, 1.54) is 12.5 Å². The highest BCUT2D eigenvalue weighted by Crippen LogP contribution is 2.19. The fourth-order valence-corrected chi connectivity index (χ4v) is 2.64. The van der Waals surface area contributed by atoms with Gasteiger partial charge in [0.15, 0.2) is 0 Å². The van der Waals surface area contributed by atoms with Crippen LogP contribution in [0.2, 0.25) is 0 Å². The Hall–Kier alpha value is -0.710. The summed E-state index contributed by atoms with van der Waals surface area (Å²) in [6.07, 6.45) is 2.37. The maximum absolute atomic E-state index is 13.6. The number of hydrogen-bond acceptors (Lipinski definition) is 2. The number of benzene rings is 1. The highest BCUT2D eigenvalue weighted by Gasteiger charge is 2.20. The normalized spacial score (nSPS) is 20.1. The van der Waals surface area contributed by atoms with E-state index in [0.717, 1.165) is 32.1 Å². The smallest absolute Gasteiger partial charge is 0.130 e. The molecular weight excluding hydrogens is 270 g/mol. The number of likely N-dealkylation sites (tertiary alicyclic amines) is 1. The van der Waals surface area contributed by atoms with E-state index in [0.29, 0.717) is 18.0 Å². The molecule has 1 unspecified atom stereocenters. The summed E-state index contributed by atoms with van der Waals surface area (Å²) in [5.41, 5.74) is 0.585. The number of hydrogen-bond donors (Lipinski definition) is 1. The number of rotatable bonds is 4. The fourth-order valence-electron chi connectivity index (χ4n) is 2.64. The van der Waals surface area contributed by atoms with E-state index in [-0.39, 0.29) is 12.4 Å². The average molecular weight is 291 g/mol. The molecule has 0 aromatic heterocycles. The Morgan fingerprint density at radius 1 is 1.37 bits per heavy atom. The third-order valence-electron chi connectivity index (χ3n) is 3.50. The number of piperidine rings is 1. The Morgan fingerprint density at radius 2 is 2.16 bits per heavy atom. The van der Waals surface area contributed by atoms with Crippen LogP contribution in [-0.4, -0.2) is 31.6 Å². The van der Waals surface area contributed by atoms with Gasteiger partial charge in [-0.2, -0.15) is 0 Å². The molecule has 0 amide bonds. The van der Waals surface area contributed by atoms with Gasteiger partial charge in [0.05, 0.1) is 0 Å². The summed E-state index contributed by atoms with van der Waals surface area (Å²) in [5.74, 6) is -0.319. The van der Waals surface area contributed by atoms with E-state index < -0.39 is 11.6 Å². The van der Waals surface area contributed by atoms with Gasteiger partial charge in [0.2, 0.25) is 0 Å². The molecule has 1 fully saturated rings. The molecule has 19 heavy (non-hydrogen) atoms. The lowest BCUT2D eigenvalue weighted by atomic mass is 9.97. The first-order valence-electron chi connectivity index (χ1n) is 6.50. The topological polar surface area (TPSA) is 15.3 Å². The van der Waals surface area contributed by atoms with Gasteiger partial charge in [-0.25, -0.2) is 8.78 Å². The van der Waals surface area contributed by atoms with Crippen LogP contribution in [0.5, 0.6) is 0 Å². The van der Waals surface area contributed by atoms with Crippen LogP contribution in [0, 0.1) is 17.6 Å². The first-order valence-corrected chi connectivity index (χ1v) is 6.50. The van der Waals surface area contributed by atoms with Crippen LogP contribution in [0.25, 0.3) is 0 Å². The van der Waals surface area contributed by atoms with E-state index in [1.807, 2.05) is 7.05 Å². The van der Waals surface area contributed by atoms with Gasteiger partial charge in [-0.3, -0.25) is 4.90 Å². The molecule has 5 heteroatoms. The molecule has 0 saturated carbocycles. The van der Waals surface area contributed by atoms with Crippen LogP contribution in [0.1, 0.15) is 18.4 Å². The van der Waals surface area contributed by atoms with Crippen LogP contribution in [0.4, 0.5) is 8.78 Å². The quantitative estimate of drug-likeness (QED) is 0.917. The second-order valence-corrected chi connectivity index (χ2v) is 5.04. The lowest BCUT2D eigenvalue weighted by molar-refractivity contribution is 0.165. The van der Waals surface area contributed by atoms with Crippen molar-refractivity contribution in [3.63, 3.8) is 0 Å². The van der Waals surface area contributed by atoms with Crippen LogP contribution in [0.3, 0.4) is 0 Å². The summed E-state index contributed by atoms with van der Waals surface area (Å²) >= 11 is 0. The predicted molar refractivity (Wildman–Crippen MR) is 75.5 cm³/mol. The molecule has 1 aliphatic heterocycles. The summed E-state index contributed by atoms with van der Waals surface area (Å²) in [7, 11) is 1.96. The van der Waals surface area contributed by atoms with Crippen molar-refractivity contribution in [2.24, 2.45) is 5.92 Å². The summed E-state index contributed by atoms with van der Waals surface area (Å²) in [6, 6.07) is 3.84. The van der Waals surface area contributed by atoms with E-state index in [4.69, 9.17) is 0 Å². The molecule has 0 bridgehead atoms. The van der Waals surface area contributed by atoms with Crippen molar-refractivity contribution in [1.29, 1.82) is 0 Å². The van der Waals surface area contributed by atoms with Gasteiger partial charge < -0.3 is 5.32 Å². The maximum atomic E-state index is 13.6. The van der Waals surface area contributed by atoms with Crippen molar-refractivity contribution in [1.82, 2.24) is 10.2 Å². The summed E-state index contributed by atoms with van der Waals surface area (Å²) in [5, 5.41) is 3.19. The van der Waals surface area contributed by atoms with E-state index in [1.54, 1.807) is 6.07 Å². The first-order chi connectivity index (χ1) is 8.69. The first kappa shape index (κ1) is 16.3. The molecule has 1 aromatic carbocycles. The van der Waals surface area contributed by atoms with Gasteiger partial charge in [-0.05, 0) is 45.0 Å². The van der Waals surface area contributed by atoms with Crippen LogP contribution in [-0.2, 0) is 6.54 Å². The van der Waals surface area contributed by atoms with Gasteiger partial charge >= 0.3 is 0 Å². The van der Waals surface area contributed by atoms with Gasteiger partial charge in [-0.1, -0.05) is 6.07 Å². The molecule has 0 aliphatic carbocycles. The molecule has 1 N–H and O–H groups in total. The molecular formula is C14H21ClF2N2. The van der Waals surface area contributed by atoms with E-state index >= 15 is 0 Å². The largest absolute Gasteiger partial charge is 0.319 e. The molecule has 2 rings (SSSR count). The highest BCUT2D eigenvalue weighted by molar-refractivity contribution is 5.85. The molecule has 0 radical (unpaired) electrons. The number of halogens is 3. The highest BCUT2D eigenvalue weighted by atomic mass is 35.5. The Kier molecular flexibility index (Phi) is 6.69. The zero-order valence-corrected chi connectivity index (χ0v) is 12.0. The van der Waals surface area contributed by atoms with Gasteiger partial charge in [-0.15, -0.1) is 12.4 Å². The van der Waals surface area contributed by atoms with Crippen LogP contribution in [0.15, 0.2) is 18.2 Å². The molecule has 1 saturated heterocycles. The Labute approximate surface area is 119 Å². The Morgan fingerprint density at radius 3 is 2.84 bits per heavy atom. The fraction of sp³-hybridized carbons (Fsp3) is 0.571. The van der Waals surface area contributed by atoms with E-state index in [9.17, 15) is 8.78 Å².